The molecule has 0 amide bonds. The van der Waals surface area contributed by atoms with Gasteiger partial charge in [0.05, 0.1) is 57.9 Å². The monoisotopic (exact) mass is 453 g/mol. The van der Waals surface area contributed by atoms with Gasteiger partial charge >= 0.3 is 0 Å². The third-order valence-corrected chi connectivity index (χ3v) is 5.60. The lowest BCUT2D eigenvalue weighted by Gasteiger charge is -2.12. The summed E-state index contributed by atoms with van der Waals surface area (Å²) in [6.45, 7) is 0. The molecule has 0 N–H and O–H groups in total. The van der Waals surface area contributed by atoms with Crippen LogP contribution in [0.4, 0.5) is 5.69 Å². The first-order valence-corrected chi connectivity index (χ1v) is 10.5. The smallest absolute Gasteiger partial charge is 0.277 e. The van der Waals surface area contributed by atoms with Gasteiger partial charge in [-0.2, -0.15) is 0 Å². The largest absolute Gasteiger partial charge is 0.496 e. The number of benzene rings is 2. The highest BCUT2D eigenvalue weighted by Gasteiger charge is 2.23. The van der Waals surface area contributed by atoms with E-state index in [-0.39, 0.29) is 17.1 Å². The fourth-order valence-electron chi connectivity index (χ4n) is 2.83. The van der Waals surface area contributed by atoms with Crippen molar-refractivity contribution in [3.05, 3.63) is 50.9 Å². The number of sulfone groups is 1. The number of methoxy groups -OCH3 is 5. The molecule has 0 atom stereocenters. The summed E-state index contributed by atoms with van der Waals surface area (Å²) in [6.07, 6.45) is 1.30. The number of nitrogens with zero attached hydrogens (tertiary/aromatic N) is 1. The van der Waals surface area contributed by atoms with Gasteiger partial charge in [0.25, 0.3) is 5.69 Å². The molecule has 31 heavy (non-hydrogen) atoms. The number of rotatable bonds is 10. The first kappa shape index (κ1) is 23.8. The van der Waals surface area contributed by atoms with Crippen molar-refractivity contribution >= 4 is 21.6 Å². The Morgan fingerprint density at radius 1 is 0.839 bits per heavy atom. The summed E-state index contributed by atoms with van der Waals surface area (Å²) in [5.74, 6) is 0.814. The highest BCUT2D eigenvalue weighted by atomic mass is 32.2. The van der Waals surface area contributed by atoms with Crippen LogP contribution in [-0.2, 0) is 15.6 Å². The Labute approximate surface area is 180 Å². The Bertz CT molecular complexity index is 1070. The average molecular weight is 453 g/mol. The Morgan fingerprint density at radius 3 is 1.81 bits per heavy atom. The SMILES string of the molecule is COc1cc(OC)c(/C=C/S(=O)(=O)Cc2cc(OC)c(OC)cc2[N+](=O)[O-])c(OC)c1. The molecule has 0 aliphatic rings. The predicted molar refractivity (Wildman–Crippen MR) is 114 cm³/mol. The Morgan fingerprint density at radius 2 is 1.35 bits per heavy atom. The van der Waals surface area contributed by atoms with Gasteiger partial charge in [-0.3, -0.25) is 10.1 Å². The van der Waals surface area contributed by atoms with Crippen molar-refractivity contribution in [2.24, 2.45) is 0 Å². The summed E-state index contributed by atoms with van der Waals surface area (Å²) in [5, 5.41) is 12.4. The third kappa shape index (κ3) is 5.57. The second kappa shape index (κ2) is 10.0. The van der Waals surface area contributed by atoms with Gasteiger partial charge in [0, 0.05) is 23.1 Å². The molecule has 2 rings (SSSR count). The molecule has 0 saturated carbocycles. The van der Waals surface area contributed by atoms with E-state index in [1.807, 2.05) is 0 Å². The molecule has 0 radical (unpaired) electrons. The van der Waals surface area contributed by atoms with E-state index in [2.05, 4.69) is 0 Å². The predicted octanol–water partition coefficient (Wildman–Crippen LogP) is 3.22. The van der Waals surface area contributed by atoms with Gasteiger partial charge in [-0.05, 0) is 12.1 Å². The lowest BCUT2D eigenvalue weighted by molar-refractivity contribution is -0.385. The number of nitro groups is 1. The molecule has 0 aromatic heterocycles. The van der Waals surface area contributed by atoms with Crippen LogP contribution in [-0.4, -0.2) is 48.9 Å². The maximum Gasteiger partial charge on any atom is 0.277 e. The molecule has 2 aromatic rings. The summed E-state index contributed by atoms with van der Waals surface area (Å²) in [7, 11) is 3.08. The zero-order chi connectivity index (χ0) is 23.2. The van der Waals surface area contributed by atoms with Gasteiger partial charge in [-0.1, -0.05) is 0 Å². The van der Waals surface area contributed by atoms with Crippen LogP contribution in [0.5, 0.6) is 28.7 Å². The summed E-state index contributed by atoms with van der Waals surface area (Å²) in [4.78, 5) is 10.8. The van der Waals surface area contributed by atoms with E-state index in [1.54, 1.807) is 12.1 Å². The van der Waals surface area contributed by atoms with Gasteiger partial charge in [-0.15, -0.1) is 0 Å². The van der Waals surface area contributed by atoms with Crippen LogP contribution < -0.4 is 23.7 Å². The third-order valence-electron chi connectivity index (χ3n) is 4.33. The second-order valence-electron chi connectivity index (χ2n) is 6.15. The van der Waals surface area contributed by atoms with Gasteiger partial charge in [0.2, 0.25) is 0 Å². The molecule has 2 aromatic carbocycles. The van der Waals surface area contributed by atoms with Crippen LogP contribution in [0.25, 0.3) is 6.08 Å². The van der Waals surface area contributed by atoms with E-state index in [1.165, 1.54) is 47.7 Å². The van der Waals surface area contributed by atoms with E-state index < -0.39 is 26.2 Å². The van der Waals surface area contributed by atoms with Crippen molar-refractivity contribution in [2.75, 3.05) is 35.5 Å². The second-order valence-corrected chi connectivity index (χ2v) is 8.04. The number of hydrogen-bond acceptors (Lipinski definition) is 9. The maximum atomic E-state index is 12.7. The molecule has 0 unspecified atom stereocenters. The van der Waals surface area contributed by atoms with E-state index >= 15 is 0 Å². The van der Waals surface area contributed by atoms with Crippen LogP contribution in [0.2, 0.25) is 0 Å². The van der Waals surface area contributed by atoms with Gasteiger partial charge in [0.1, 0.15) is 17.2 Å². The molecule has 0 heterocycles. The lowest BCUT2D eigenvalue weighted by atomic mass is 10.1. The molecule has 0 bridgehead atoms. The van der Waals surface area contributed by atoms with E-state index in [0.29, 0.717) is 22.8 Å². The van der Waals surface area contributed by atoms with Crippen LogP contribution in [0, 0.1) is 10.1 Å². The highest BCUT2D eigenvalue weighted by molar-refractivity contribution is 7.93. The van der Waals surface area contributed by atoms with Gasteiger partial charge < -0.3 is 23.7 Å². The molecule has 0 fully saturated rings. The number of hydrogen-bond donors (Lipinski definition) is 0. The summed E-state index contributed by atoms with van der Waals surface area (Å²) < 4.78 is 51.4. The first-order valence-electron chi connectivity index (χ1n) is 8.79. The summed E-state index contributed by atoms with van der Waals surface area (Å²) in [6, 6.07) is 5.56. The molecular weight excluding hydrogens is 430 g/mol. The Balaban J connectivity index is 2.47. The molecular formula is C20H23NO9S. The zero-order valence-corrected chi connectivity index (χ0v) is 18.5. The minimum atomic E-state index is -3.92. The van der Waals surface area contributed by atoms with Crippen molar-refractivity contribution in [3.8, 4) is 28.7 Å². The Kier molecular flexibility index (Phi) is 7.70. The standard InChI is InChI=1S/C20H23NO9S/c1-26-14-9-17(27-2)15(18(10-14)28-3)6-7-31(24,25)12-13-8-19(29-4)20(30-5)11-16(13)21(22)23/h6-11H,12H2,1-5H3/b7-6+. The minimum Gasteiger partial charge on any atom is -0.496 e. The number of nitro benzene ring substituents is 1. The first-order chi connectivity index (χ1) is 14.7. The highest BCUT2D eigenvalue weighted by Crippen LogP contribution is 2.37. The Hall–Kier alpha value is -3.47. The van der Waals surface area contributed by atoms with Crippen LogP contribution in [0.1, 0.15) is 11.1 Å². The molecule has 10 nitrogen and oxygen atoms in total. The fourth-order valence-corrected chi connectivity index (χ4v) is 3.93. The minimum absolute atomic E-state index is 0.0408. The summed E-state index contributed by atoms with van der Waals surface area (Å²) in [5.41, 5.74) is -0.0635. The van der Waals surface area contributed by atoms with Crippen LogP contribution >= 0.6 is 0 Å². The molecule has 0 aliphatic carbocycles. The lowest BCUT2D eigenvalue weighted by Crippen LogP contribution is -2.05. The zero-order valence-electron chi connectivity index (χ0n) is 17.7. The topological polar surface area (TPSA) is 123 Å². The quantitative estimate of drug-likeness (QED) is 0.394. The van der Waals surface area contributed by atoms with Crippen LogP contribution in [0.3, 0.4) is 0 Å². The van der Waals surface area contributed by atoms with Crippen molar-refractivity contribution in [3.63, 3.8) is 0 Å². The van der Waals surface area contributed by atoms with Crippen LogP contribution in [0.15, 0.2) is 29.7 Å². The molecule has 0 aliphatic heterocycles. The van der Waals surface area contributed by atoms with Crippen molar-refractivity contribution in [1.29, 1.82) is 0 Å². The van der Waals surface area contributed by atoms with Gasteiger partial charge in [0.15, 0.2) is 21.3 Å². The van der Waals surface area contributed by atoms with Crippen molar-refractivity contribution < 1.29 is 37.0 Å². The van der Waals surface area contributed by atoms with Crippen molar-refractivity contribution in [2.45, 2.75) is 5.75 Å². The molecule has 11 heteroatoms. The van der Waals surface area contributed by atoms with Crippen molar-refractivity contribution in [1.82, 2.24) is 0 Å². The molecule has 0 saturated heterocycles. The normalized spacial score (nSPS) is 11.3. The van der Waals surface area contributed by atoms with Gasteiger partial charge in [-0.25, -0.2) is 8.42 Å². The van der Waals surface area contributed by atoms with E-state index in [0.717, 1.165) is 11.5 Å². The van der Waals surface area contributed by atoms with E-state index in [4.69, 9.17) is 23.7 Å². The maximum absolute atomic E-state index is 12.7. The van der Waals surface area contributed by atoms with E-state index in [9.17, 15) is 18.5 Å². The molecule has 168 valence electrons. The summed E-state index contributed by atoms with van der Waals surface area (Å²) >= 11 is 0. The fraction of sp³-hybridized carbons (Fsp3) is 0.300. The molecule has 0 spiro atoms. The number of ether oxygens (including phenoxy) is 5. The average Bonchev–Trinajstić information content (AvgIpc) is 2.76.